The van der Waals surface area contributed by atoms with Crippen molar-refractivity contribution >= 4 is 34.6 Å². The maximum Gasteiger partial charge on any atom is 0.394 e. The number of benzene rings is 3. The number of anilines is 1. The molecular formula is C35H34F2N6O3S. The number of nitrogens with one attached hydrogen (secondary N) is 1. The number of nitrogens with zero attached hydrogens (tertiary/aromatic N) is 5. The zero-order valence-corrected chi connectivity index (χ0v) is 27.4. The largest absolute Gasteiger partial charge is 0.433 e. The van der Waals surface area contributed by atoms with Gasteiger partial charge in [-0.25, -0.2) is 14.5 Å². The van der Waals surface area contributed by atoms with E-state index in [1.807, 2.05) is 56.3 Å². The summed E-state index contributed by atoms with van der Waals surface area (Å²) in [6.45, 7) is 8.62. The van der Waals surface area contributed by atoms with Crippen molar-refractivity contribution in [1.82, 2.24) is 20.1 Å². The van der Waals surface area contributed by atoms with Crippen molar-refractivity contribution in [1.29, 1.82) is 0 Å². The van der Waals surface area contributed by atoms with E-state index in [0.29, 0.717) is 30.0 Å². The molecule has 3 amide bonds. The first-order valence-electron chi connectivity index (χ1n) is 15.0. The Labute approximate surface area is 276 Å². The van der Waals surface area contributed by atoms with Gasteiger partial charge in [0.2, 0.25) is 5.91 Å². The first-order valence-corrected chi connectivity index (χ1v) is 16.0. The van der Waals surface area contributed by atoms with Crippen LogP contribution in [0.25, 0.3) is 17.1 Å². The molecule has 12 heteroatoms. The van der Waals surface area contributed by atoms with Gasteiger partial charge in [0.25, 0.3) is 0 Å². The molecule has 1 N–H and O–H groups in total. The predicted octanol–water partition coefficient (Wildman–Crippen LogP) is 7.33. The van der Waals surface area contributed by atoms with E-state index < -0.39 is 12.1 Å². The second kappa shape index (κ2) is 14.2. The van der Waals surface area contributed by atoms with Crippen LogP contribution in [0, 0.1) is 18.8 Å². The zero-order valence-electron chi connectivity index (χ0n) is 26.6. The number of hydrogen-bond acceptors (Lipinski definition) is 6. The number of halogens is 2. The van der Waals surface area contributed by atoms with Crippen LogP contribution in [0.5, 0.6) is 5.75 Å². The summed E-state index contributed by atoms with van der Waals surface area (Å²) in [6.07, 6.45) is -1.35. The average molecular weight is 657 g/mol. The summed E-state index contributed by atoms with van der Waals surface area (Å²) in [5.41, 5.74) is 4.92. The molecule has 9 nitrogen and oxygen atoms in total. The van der Waals surface area contributed by atoms with Gasteiger partial charge in [-0.1, -0.05) is 61.7 Å². The Morgan fingerprint density at radius 2 is 1.89 bits per heavy atom. The number of amidine groups is 1. The minimum Gasteiger partial charge on any atom is -0.433 e. The van der Waals surface area contributed by atoms with Gasteiger partial charge in [-0.2, -0.15) is 13.8 Å². The molecule has 2 heterocycles. The summed E-state index contributed by atoms with van der Waals surface area (Å²) in [5.74, 6) is 7.05. The number of carbonyl (C=O) groups excluding carboxylic acids is 2. The molecule has 1 aliphatic rings. The molecule has 1 unspecified atom stereocenters. The zero-order chi connectivity index (χ0) is 33.7. The standard InChI is InChI=1S/C35H34F2N6O3S/c1-22(2)29-17-12-23(3)18-30(29)43-31(44)20-47-34(43)40-33(45)39-24(4)8-6-9-25-10-7-11-26(19-25)32-38-21-42(41-32)27-13-15-28(16-14-27)46-35(5,36)37/h7,10-19,21-22,24H,8,20H2,1-5H3,(H,39,45). The van der Waals surface area contributed by atoms with Crippen LogP contribution in [0.15, 0.2) is 78.0 Å². The van der Waals surface area contributed by atoms with E-state index in [9.17, 15) is 18.4 Å². The van der Waals surface area contributed by atoms with Crippen molar-refractivity contribution in [2.24, 2.45) is 4.99 Å². The Balaban J connectivity index is 1.21. The first kappa shape index (κ1) is 33.3. The number of alkyl halides is 2. The molecule has 47 heavy (non-hydrogen) atoms. The monoisotopic (exact) mass is 656 g/mol. The van der Waals surface area contributed by atoms with Gasteiger partial charge in [-0.15, -0.1) is 5.10 Å². The number of aliphatic imine (C=N–C) groups is 1. The van der Waals surface area contributed by atoms with Crippen molar-refractivity contribution in [3.63, 3.8) is 0 Å². The van der Waals surface area contributed by atoms with Crippen LogP contribution in [0.2, 0.25) is 0 Å². The van der Waals surface area contributed by atoms with Crippen molar-refractivity contribution in [3.8, 4) is 34.7 Å². The van der Waals surface area contributed by atoms with Gasteiger partial charge in [0.1, 0.15) is 12.1 Å². The van der Waals surface area contributed by atoms with Crippen LogP contribution in [0.1, 0.15) is 56.7 Å². The molecule has 3 aromatic carbocycles. The Morgan fingerprint density at radius 1 is 1.13 bits per heavy atom. The molecule has 1 aromatic heterocycles. The third kappa shape index (κ3) is 8.62. The molecular weight excluding hydrogens is 622 g/mol. The predicted molar refractivity (Wildman–Crippen MR) is 180 cm³/mol. The van der Waals surface area contributed by atoms with E-state index in [2.05, 4.69) is 50.8 Å². The molecule has 0 spiro atoms. The van der Waals surface area contributed by atoms with Crippen LogP contribution in [-0.4, -0.2) is 49.8 Å². The maximum absolute atomic E-state index is 13.1. The highest BCUT2D eigenvalue weighted by atomic mass is 32.2. The Kier molecular flexibility index (Phi) is 10.1. The van der Waals surface area contributed by atoms with Gasteiger partial charge in [0.05, 0.1) is 17.1 Å². The third-order valence-corrected chi connectivity index (χ3v) is 7.96. The van der Waals surface area contributed by atoms with Gasteiger partial charge >= 0.3 is 12.1 Å². The van der Waals surface area contributed by atoms with E-state index in [1.54, 1.807) is 21.7 Å². The van der Waals surface area contributed by atoms with Crippen molar-refractivity contribution < 1.29 is 23.1 Å². The molecule has 5 rings (SSSR count). The topological polar surface area (TPSA) is 102 Å². The SMILES string of the molecule is Cc1ccc(C(C)C)c(N2C(=O)CSC2=NC(=O)NC(C)CC#Cc2cccc(-c3ncn(-c4ccc(OC(C)(F)F)cc4)n3)c2)c1. The normalized spacial score (nSPS) is 14.7. The summed E-state index contributed by atoms with van der Waals surface area (Å²) in [4.78, 5) is 35.8. The van der Waals surface area contributed by atoms with E-state index in [0.717, 1.165) is 27.9 Å². The smallest absolute Gasteiger partial charge is 0.394 e. The first-order chi connectivity index (χ1) is 22.4. The summed E-state index contributed by atoms with van der Waals surface area (Å²) < 4.78 is 32.3. The second-order valence-electron chi connectivity index (χ2n) is 11.5. The number of ether oxygens (including phenoxy) is 1. The van der Waals surface area contributed by atoms with Crippen LogP contribution in [0.3, 0.4) is 0 Å². The molecule has 1 fully saturated rings. The Morgan fingerprint density at radius 3 is 2.62 bits per heavy atom. The molecule has 1 saturated heterocycles. The highest BCUT2D eigenvalue weighted by Crippen LogP contribution is 2.34. The number of aromatic nitrogens is 3. The van der Waals surface area contributed by atoms with Crippen molar-refractivity contribution in [2.75, 3.05) is 10.7 Å². The number of amides is 3. The molecule has 1 aliphatic heterocycles. The van der Waals surface area contributed by atoms with Crippen LogP contribution in [-0.2, 0) is 4.79 Å². The fraction of sp³-hybridized carbons (Fsp3) is 0.286. The lowest BCUT2D eigenvalue weighted by Crippen LogP contribution is -2.34. The number of urea groups is 1. The molecule has 0 radical (unpaired) electrons. The maximum atomic E-state index is 13.1. The number of carbonyl (C=O) groups is 2. The highest BCUT2D eigenvalue weighted by Gasteiger charge is 2.32. The summed E-state index contributed by atoms with van der Waals surface area (Å²) in [7, 11) is 0. The van der Waals surface area contributed by atoms with E-state index in [1.165, 1.54) is 30.2 Å². The second-order valence-corrected chi connectivity index (χ2v) is 12.4. The van der Waals surface area contributed by atoms with Gasteiger partial charge in [0, 0.05) is 30.5 Å². The van der Waals surface area contributed by atoms with Gasteiger partial charge < -0.3 is 10.1 Å². The number of hydrogen-bond donors (Lipinski definition) is 1. The molecule has 0 saturated carbocycles. The van der Waals surface area contributed by atoms with Crippen LogP contribution in [0.4, 0.5) is 19.3 Å². The van der Waals surface area contributed by atoms with Crippen molar-refractivity contribution in [2.45, 2.75) is 59.1 Å². The lowest BCUT2D eigenvalue weighted by molar-refractivity contribution is -0.158. The minimum atomic E-state index is -3.27. The van der Waals surface area contributed by atoms with Gasteiger partial charge in [-0.05, 0) is 73.4 Å². The summed E-state index contributed by atoms with van der Waals surface area (Å²) >= 11 is 1.25. The average Bonchev–Trinajstić information content (AvgIpc) is 3.64. The van der Waals surface area contributed by atoms with E-state index in [4.69, 9.17) is 0 Å². The molecule has 0 aliphatic carbocycles. The molecule has 0 bridgehead atoms. The van der Waals surface area contributed by atoms with Gasteiger partial charge in [-0.3, -0.25) is 9.69 Å². The van der Waals surface area contributed by atoms with Crippen LogP contribution >= 0.6 is 11.8 Å². The lowest BCUT2D eigenvalue weighted by atomic mass is 9.99. The highest BCUT2D eigenvalue weighted by molar-refractivity contribution is 8.15. The minimum absolute atomic E-state index is 0.0457. The quantitative estimate of drug-likeness (QED) is 0.199. The van der Waals surface area contributed by atoms with Gasteiger partial charge in [0.15, 0.2) is 11.0 Å². The summed E-state index contributed by atoms with van der Waals surface area (Å²) in [5, 5.41) is 7.72. The third-order valence-electron chi connectivity index (χ3n) is 7.03. The van der Waals surface area contributed by atoms with Crippen molar-refractivity contribution in [3.05, 3.63) is 89.7 Å². The lowest BCUT2D eigenvalue weighted by Gasteiger charge is -2.22. The molecule has 4 aromatic rings. The number of rotatable bonds is 8. The van der Waals surface area contributed by atoms with Crippen LogP contribution < -0.4 is 15.0 Å². The fourth-order valence-corrected chi connectivity index (χ4v) is 5.69. The fourth-order valence-electron chi connectivity index (χ4n) is 4.83. The number of thioether (sulfide) groups is 1. The molecule has 242 valence electrons. The Bertz CT molecular complexity index is 1870. The Hall–Kier alpha value is -5.02. The summed E-state index contributed by atoms with van der Waals surface area (Å²) in [6, 6.07) is 18.7. The van der Waals surface area contributed by atoms with E-state index in [-0.39, 0.29) is 29.4 Å². The molecule has 1 atom stereocenters. The van der Waals surface area contributed by atoms with E-state index >= 15 is 0 Å². The number of aryl methyl sites for hydroxylation is 1.